The molecule has 1 aliphatic rings. The quantitative estimate of drug-likeness (QED) is 0.521. The fraction of sp³-hybridized carbons (Fsp3) is 0.550. The Kier molecular flexibility index (Phi) is 8.37. The first-order valence-corrected chi connectivity index (χ1v) is 10.7. The van der Waals surface area contributed by atoms with Crippen molar-refractivity contribution in [3.63, 3.8) is 0 Å². The minimum atomic E-state index is -4.90. The lowest BCUT2D eigenvalue weighted by atomic mass is 10.2. The second-order valence-corrected chi connectivity index (χ2v) is 7.98. The van der Waals surface area contributed by atoms with E-state index >= 15 is 0 Å². The number of halogens is 6. The van der Waals surface area contributed by atoms with E-state index in [0.717, 1.165) is 18.6 Å². The van der Waals surface area contributed by atoms with E-state index in [-0.39, 0.29) is 31.4 Å². The summed E-state index contributed by atoms with van der Waals surface area (Å²) in [6, 6.07) is 0. The van der Waals surface area contributed by atoms with Gasteiger partial charge in [-0.1, -0.05) is 0 Å². The molecule has 0 aromatic carbocycles. The van der Waals surface area contributed by atoms with Crippen LogP contribution in [-0.4, -0.2) is 88.8 Å². The van der Waals surface area contributed by atoms with Crippen LogP contribution in [-0.2, 0) is 17.1 Å². The maximum Gasteiger partial charge on any atom is 0.425 e. The molecule has 198 valence electrons. The van der Waals surface area contributed by atoms with Crippen LogP contribution in [0.2, 0.25) is 0 Å². The standard InChI is InChI=1S/C20H23F6N7O3/c1-31(8-9-36-14-12-29-30-17(35)16(14)20(24,25)26)3-2-15(34)32-4-6-33(7-5-32)18-27-10-13(11-28-18)19(21,22)23/h10-12H,2-9H2,1H3,(H,30,35). The SMILES string of the molecule is CN(CCOc1cn[nH]c(=O)c1C(F)(F)F)CCC(=O)N1CCN(c2ncc(C(F)(F)F)cn2)CC1. The number of hydrogen-bond donors (Lipinski definition) is 1. The number of alkyl halides is 6. The van der Waals surface area contributed by atoms with Crippen molar-refractivity contribution in [1.82, 2.24) is 30.0 Å². The molecule has 1 fully saturated rings. The van der Waals surface area contributed by atoms with Crippen LogP contribution >= 0.6 is 0 Å². The molecule has 0 spiro atoms. The van der Waals surface area contributed by atoms with Crippen molar-refractivity contribution in [2.45, 2.75) is 18.8 Å². The molecule has 0 atom stereocenters. The van der Waals surface area contributed by atoms with Crippen LogP contribution in [0.5, 0.6) is 5.75 Å². The van der Waals surface area contributed by atoms with Gasteiger partial charge < -0.3 is 19.4 Å². The maximum atomic E-state index is 13.0. The lowest BCUT2D eigenvalue weighted by Gasteiger charge is -2.35. The summed E-state index contributed by atoms with van der Waals surface area (Å²) in [7, 11) is 1.66. The van der Waals surface area contributed by atoms with Gasteiger partial charge in [-0.15, -0.1) is 0 Å². The first-order chi connectivity index (χ1) is 16.9. The predicted molar refractivity (Wildman–Crippen MR) is 113 cm³/mol. The van der Waals surface area contributed by atoms with Gasteiger partial charge in [-0.05, 0) is 7.05 Å². The minimum Gasteiger partial charge on any atom is -0.490 e. The Bertz CT molecular complexity index is 1080. The molecule has 2 aromatic heterocycles. The van der Waals surface area contributed by atoms with Crippen LogP contribution in [0.1, 0.15) is 17.5 Å². The van der Waals surface area contributed by atoms with Gasteiger partial charge in [-0.3, -0.25) is 9.59 Å². The van der Waals surface area contributed by atoms with E-state index in [0.29, 0.717) is 32.7 Å². The fourth-order valence-corrected chi connectivity index (χ4v) is 3.41. The third-order valence-electron chi connectivity index (χ3n) is 5.42. The van der Waals surface area contributed by atoms with E-state index in [2.05, 4.69) is 15.1 Å². The Labute approximate surface area is 200 Å². The topological polar surface area (TPSA) is 108 Å². The largest absolute Gasteiger partial charge is 0.490 e. The van der Waals surface area contributed by atoms with Crippen molar-refractivity contribution in [2.75, 3.05) is 57.8 Å². The highest BCUT2D eigenvalue weighted by molar-refractivity contribution is 5.76. The molecule has 16 heteroatoms. The van der Waals surface area contributed by atoms with E-state index in [1.165, 1.54) is 0 Å². The summed E-state index contributed by atoms with van der Waals surface area (Å²) in [4.78, 5) is 36.5. The molecule has 1 saturated heterocycles. The Morgan fingerprint density at radius 1 is 1.03 bits per heavy atom. The lowest BCUT2D eigenvalue weighted by Crippen LogP contribution is -2.49. The molecule has 0 bridgehead atoms. The second kappa shape index (κ2) is 11.1. The first kappa shape index (κ1) is 27.2. The van der Waals surface area contributed by atoms with Crippen molar-refractivity contribution >= 4 is 11.9 Å². The summed E-state index contributed by atoms with van der Waals surface area (Å²) in [5.41, 5.74) is -3.80. The number of nitrogens with one attached hydrogen (secondary N) is 1. The third-order valence-corrected chi connectivity index (χ3v) is 5.42. The summed E-state index contributed by atoms with van der Waals surface area (Å²) in [5, 5.41) is 5.04. The normalized spacial score (nSPS) is 14.9. The molecule has 3 heterocycles. The number of aromatic amines is 1. The number of likely N-dealkylation sites (N-methyl/N-ethyl adjacent to an activating group) is 1. The molecular weight excluding hydrogens is 500 g/mol. The molecule has 36 heavy (non-hydrogen) atoms. The minimum absolute atomic E-state index is 0.145. The lowest BCUT2D eigenvalue weighted by molar-refractivity contribution is -0.140. The van der Waals surface area contributed by atoms with Gasteiger partial charge in [0, 0.05) is 58.1 Å². The molecule has 0 aliphatic carbocycles. The molecule has 1 amide bonds. The average molecular weight is 523 g/mol. The maximum absolute atomic E-state index is 13.0. The van der Waals surface area contributed by atoms with Gasteiger partial charge in [-0.2, -0.15) is 31.4 Å². The van der Waals surface area contributed by atoms with Gasteiger partial charge in [0.25, 0.3) is 5.56 Å². The number of nitrogens with zero attached hydrogens (tertiary/aromatic N) is 6. The Balaban J connectivity index is 1.40. The number of piperazine rings is 1. The van der Waals surface area contributed by atoms with Crippen molar-refractivity contribution in [1.29, 1.82) is 0 Å². The van der Waals surface area contributed by atoms with Crippen LogP contribution in [0.4, 0.5) is 32.3 Å². The highest BCUT2D eigenvalue weighted by Gasteiger charge is 2.38. The van der Waals surface area contributed by atoms with Crippen LogP contribution < -0.4 is 15.2 Å². The highest BCUT2D eigenvalue weighted by Crippen LogP contribution is 2.32. The number of hydrogen-bond acceptors (Lipinski definition) is 8. The Hall–Kier alpha value is -3.43. The zero-order valence-electron chi connectivity index (χ0n) is 19.1. The number of carbonyl (C=O) groups excluding carboxylic acids is 1. The number of rotatable bonds is 8. The molecular formula is C20H23F6N7O3. The summed E-state index contributed by atoms with van der Waals surface area (Å²) in [5.74, 6) is -0.668. The summed E-state index contributed by atoms with van der Waals surface area (Å²) >= 11 is 0. The molecule has 1 N–H and O–H groups in total. The molecule has 1 aliphatic heterocycles. The van der Waals surface area contributed by atoms with E-state index in [9.17, 15) is 35.9 Å². The molecule has 0 saturated carbocycles. The predicted octanol–water partition coefficient (Wildman–Crippen LogP) is 1.65. The van der Waals surface area contributed by atoms with E-state index in [1.807, 2.05) is 0 Å². The van der Waals surface area contributed by atoms with Gasteiger partial charge in [0.2, 0.25) is 11.9 Å². The summed E-state index contributed by atoms with van der Waals surface area (Å²) in [6.45, 7) is 1.72. The molecule has 0 radical (unpaired) electrons. The number of anilines is 1. The monoisotopic (exact) mass is 523 g/mol. The smallest absolute Gasteiger partial charge is 0.425 e. The van der Waals surface area contributed by atoms with Crippen molar-refractivity contribution in [3.8, 4) is 5.75 Å². The molecule has 0 unspecified atom stereocenters. The number of H-pyrrole nitrogens is 1. The van der Waals surface area contributed by atoms with Crippen LogP contribution in [0.25, 0.3) is 0 Å². The van der Waals surface area contributed by atoms with Crippen molar-refractivity contribution < 1.29 is 35.9 Å². The molecule has 3 rings (SSSR count). The first-order valence-electron chi connectivity index (χ1n) is 10.7. The number of amides is 1. The zero-order chi connectivity index (χ0) is 26.5. The summed E-state index contributed by atoms with van der Waals surface area (Å²) in [6.07, 6.45) is -7.05. The van der Waals surface area contributed by atoms with Gasteiger partial charge in [0.05, 0.1) is 11.8 Å². The number of carbonyl (C=O) groups is 1. The van der Waals surface area contributed by atoms with E-state index in [1.54, 1.807) is 26.8 Å². The fourth-order valence-electron chi connectivity index (χ4n) is 3.41. The summed E-state index contributed by atoms with van der Waals surface area (Å²) < 4.78 is 82.1. The number of aromatic nitrogens is 4. The van der Waals surface area contributed by atoms with Gasteiger partial charge >= 0.3 is 12.4 Å². The Morgan fingerprint density at radius 3 is 2.25 bits per heavy atom. The van der Waals surface area contributed by atoms with Gasteiger partial charge in [-0.25, -0.2) is 15.1 Å². The van der Waals surface area contributed by atoms with Gasteiger partial charge in [0.1, 0.15) is 6.61 Å². The van der Waals surface area contributed by atoms with E-state index in [4.69, 9.17) is 4.74 Å². The number of ether oxygens (including phenoxy) is 1. The highest BCUT2D eigenvalue weighted by atomic mass is 19.4. The van der Waals surface area contributed by atoms with Crippen molar-refractivity contribution in [3.05, 3.63) is 40.1 Å². The molecule has 10 nitrogen and oxygen atoms in total. The average Bonchev–Trinajstić information content (AvgIpc) is 2.81. The zero-order valence-corrected chi connectivity index (χ0v) is 19.1. The van der Waals surface area contributed by atoms with E-state index < -0.39 is 34.8 Å². The van der Waals surface area contributed by atoms with Crippen molar-refractivity contribution in [2.24, 2.45) is 0 Å². The van der Waals surface area contributed by atoms with Crippen LogP contribution in [0, 0.1) is 0 Å². The Morgan fingerprint density at radius 2 is 1.67 bits per heavy atom. The van der Waals surface area contributed by atoms with Crippen LogP contribution in [0.15, 0.2) is 23.4 Å². The molecule has 2 aromatic rings. The van der Waals surface area contributed by atoms with Crippen LogP contribution in [0.3, 0.4) is 0 Å². The van der Waals surface area contributed by atoms with Gasteiger partial charge in [0.15, 0.2) is 11.3 Å². The third kappa shape index (κ3) is 7.05. The second-order valence-electron chi connectivity index (χ2n) is 7.98.